The van der Waals surface area contributed by atoms with Crippen LogP contribution in [-0.2, 0) is 16.6 Å². The van der Waals surface area contributed by atoms with Crippen molar-refractivity contribution in [1.29, 1.82) is 0 Å². The second kappa shape index (κ2) is 8.92. The van der Waals surface area contributed by atoms with Crippen molar-refractivity contribution in [3.8, 4) is 11.1 Å². The number of hydrogen-bond donors (Lipinski definition) is 1. The van der Waals surface area contributed by atoms with Gasteiger partial charge in [-0.3, -0.25) is 14.8 Å². The van der Waals surface area contributed by atoms with Gasteiger partial charge in [0.15, 0.2) is 0 Å². The van der Waals surface area contributed by atoms with Gasteiger partial charge in [-0.25, -0.2) is 12.4 Å². The maximum Gasteiger partial charge on any atom is 0.268 e. The monoisotopic (exact) mass is 468 g/mol. The molecule has 0 aliphatic rings. The molecule has 168 valence electrons. The first-order chi connectivity index (χ1) is 16.5. The molecule has 0 radical (unpaired) electrons. The van der Waals surface area contributed by atoms with Crippen molar-refractivity contribution in [3.05, 3.63) is 115 Å². The first kappa shape index (κ1) is 21.5. The lowest BCUT2D eigenvalue weighted by Crippen LogP contribution is -2.23. The summed E-state index contributed by atoms with van der Waals surface area (Å²) in [5, 5.41) is 3.60. The maximum atomic E-state index is 13.5. The molecule has 1 N–H and O–H groups in total. The molecule has 0 aliphatic heterocycles. The van der Waals surface area contributed by atoms with E-state index in [1.807, 2.05) is 48.5 Å². The van der Waals surface area contributed by atoms with Crippen molar-refractivity contribution in [2.24, 2.45) is 0 Å². The third-order valence-corrected chi connectivity index (χ3v) is 7.17. The van der Waals surface area contributed by atoms with Crippen molar-refractivity contribution >= 4 is 26.8 Å². The molecule has 0 fully saturated rings. The fourth-order valence-corrected chi connectivity index (χ4v) is 5.15. The topological polar surface area (TPSA) is 94.0 Å². The molecular formula is C26H20N4O3S. The van der Waals surface area contributed by atoms with Gasteiger partial charge >= 0.3 is 0 Å². The van der Waals surface area contributed by atoms with Crippen LogP contribution >= 0.6 is 0 Å². The fraction of sp³-hybridized carbons (Fsp3) is 0.0385. The van der Waals surface area contributed by atoms with Crippen molar-refractivity contribution in [2.45, 2.75) is 11.4 Å². The number of carbonyl (C=O) groups is 1. The van der Waals surface area contributed by atoms with E-state index >= 15 is 0 Å². The minimum absolute atomic E-state index is 0.0957. The quantitative estimate of drug-likeness (QED) is 0.402. The number of benzene rings is 3. The second-order valence-electron chi connectivity index (χ2n) is 7.63. The number of amides is 1. The molecule has 0 unspecified atom stereocenters. The number of fused-ring (bicyclic) bond motifs is 1. The number of nitrogens with zero attached hydrogens (tertiary/aromatic N) is 3. The van der Waals surface area contributed by atoms with Crippen LogP contribution in [0.3, 0.4) is 0 Å². The van der Waals surface area contributed by atoms with E-state index in [0.717, 1.165) is 16.5 Å². The Morgan fingerprint density at radius 2 is 1.62 bits per heavy atom. The Balaban J connectivity index is 1.45. The summed E-state index contributed by atoms with van der Waals surface area (Å²) in [6, 6.07) is 23.0. The molecule has 8 heteroatoms. The fourth-order valence-electron chi connectivity index (χ4n) is 3.78. The molecular weight excluding hydrogens is 448 g/mol. The highest BCUT2D eigenvalue weighted by atomic mass is 32.2. The van der Waals surface area contributed by atoms with Gasteiger partial charge in [-0.1, -0.05) is 48.5 Å². The van der Waals surface area contributed by atoms with Crippen LogP contribution in [0, 0.1) is 0 Å². The Hall–Kier alpha value is -4.30. The third-order valence-electron chi connectivity index (χ3n) is 5.48. The summed E-state index contributed by atoms with van der Waals surface area (Å²) in [5.41, 5.74) is 3.34. The summed E-state index contributed by atoms with van der Waals surface area (Å²) in [5.74, 6) is -0.327. The molecule has 2 heterocycles. The smallest absolute Gasteiger partial charge is 0.268 e. The molecule has 0 aliphatic carbocycles. The number of nitrogens with one attached hydrogen (secondary N) is 1. The van der Waals surface area contributed by atoms with Crippen LogP contribution in [0.5, 0.6) is 0 Å². The second-order valence-corrected chi connectivity index (χ2v) is 9.45. The summed E-state index contributed by atoms with van der Waals surface area (Å²) >= 11 is 0. The van der Waals surface area contributed by atoms with Crippen LogP contribution in [0.15, 0.2) is 109 Å². The molecule has 34 heavy (non-hydrogen) atoms. The molecule has 7 nitrogen and oxygen atoms in total. The van der Waals surface area contributed by atoms with E-state index in [2.05, 4.69) is 15.3 Å². The number of para-hydroxylation sites is 1. The molecule has 5 aromatic rings. The molecule has 0 atom stereocenters. The molecule has 3 aromatic carbocycles. The average molecular weight is 469 g/mol. The minimum atomic E-state index is -3.88. The lowest BCUT2D eigenvalue weighted by atomic mass is 10.1. The Bertz CT molecular complexity index is 1560. The van der Waals surface area contributed by atoms with E-state index in [-0.39, 0.29) is 17.3 Å². The molecule has 1 amide bonds. The van der Waals surface area contributed by atoms with Crippen LogP contribution in [0.25, 0.3) is 22.0 Å². The van der Waals surface area contributed by atoms with E-state index in [4.69, 9.17) is 0 Å². The molecule has 0 spiro atoms. The van der Waals surface area contributed by atoms with Crippen LogP contribution in [0.1, 0.15) is 16.1 Å². The maximum absolute atomic E-state index is 13.5. The van der Waals surface area contributed by atoms with Gasteiger partial charge in [0.25, 0.3) is 15.9 Å². The minimum Gasteiger partial charge on any atom is -0.346 e. The normalized spacial score (nSPS) is 11.4. The third kappa shape index (κ3) is 4.06. The highest BCUT2D eigenvalue weighted by molar-refractivity contribution is 7.90. The summed E-state index contributed by atoms with van der Waals surface area (Å²) in [4.78, 5) is 20.6. The Morgan fingerprint density at radius 1 is 0.882 bits per heavy atom. The van der Waals surface area contributed by atoms with Crippen LogP contribution < -0.4 is 5.32 Å². The van der Waals surface area contributed by atoms with Gasteiger partial charge in [0.2, 0.25) is 0 Å². The average Bonchev–Trinajstić information content (AvgIpc) is 3.29. The van der Waals surface area contributed by atoms with Crippen molar-refractivity contribution in [3.63, 3.8) is 0 Å². The van der Waals surface area contributed by atoms with Crippen molar-refractivity contribution in [2.75, 3.05) is 0 Å². The molecule has 0 bridgehead atoms. The predicted molar refractivity (Wildman–Crippen MR) is 130 cm³/mol. The zero-order valence-corrected chi connectivity index (χ0v) is 18.8. The number of rotatable bonds is 6. The Morgan fingerprint density at radius 3 is 2.35 bits per heavy atom. The SMILES string of the molecule is O=C(NCc1cnccn1)c1ccc(S(=O)(=O)n2cc(-c3ccccc3)c3ccccc32)cc1. The molecule has 0 saturated heterocycles. The molecule has 5 rings (SSSR count). The van der Waals surface area contributed by atoms with Gasteiger partial charge in [-0.15, -0.1) is 0 Å². The first-order valence-corrected chi connectivity index (χ1v) is 12.0. The molecule has 2 aromatic heterocycles. The van der Waals surface area contributed by atoms with Gasteiger partial charge in [0.05, 0.1) is 28.8 Å². The van der Waals surface area contributed by atoms with E-state index in [1.165, 1.54) is 28.2 Å². The number of hydrogen-bond acceptors (Lipinski definition) is 5. The Kier molecular flexibility index (Phi) is 5.65. The van der Waals surface area contributed by atoms with Crippen LogP contribution in [-0.4, -0.2) is 28.3 Å². The first-order valence-electron chi connectivity index (χ1n) is 10.6. The zero-order chi connectivity index (χ0) is 23.5. The summed E-state index contributed by atoms with van der Waals surface area (Å²) < 4.78 is 28.4. The summed E-state index contributed by atoms with van der Waals surface area (Å²) in [7, 11) is -3.88. The Labute approximate surface area is 196 Å². The zero-order valence-electron chi connectivity index (χ0n) is 18.0. The van der Waals surface area contributed by atoms with Crippen molar-refractivity contribution in [1.82, 2.24) is 19.3 Å². The highest BCUT2D eigenvalue weighted by Crippen LogP contribution is 2.32. The van der Waals surface area contributed by atoms with Crippen LogP contribution in [0.2, 0.25) is 0 Å². The van der Waals surface area contributed by atoms with E-state index in [0.29, 0.717) is 16.8 Å². The number of aromatic nitrogens is 3. The molecule has 0 saturated carbocycles. The lowest BCUT2D eigenvalue weighted by molar-refractivity contribution is 0.0950. The predicted octanol–water partition coefficient (Wildman–Crippen LogP) is 4.27. The van der Waals surface area contributed by atoms with Crippen molar-refractivity contribution < 1.29 is 13.2 Å². The standard InChI is InChI=1S/C26H20N4O3S/c31-26(29-17-21-16-27-14-15-28-21)20-10-12-22(13-11-20)34(32,33)30-18-24(19-6-2-1-3-7-19)23-8-4-5-9-25(23)30/h1-16,18H,17H2,(H,29,31). The lowest BCUT2D eigenvalue weighted by Gasteiger charge is -2.09. The van der Waals surface area contributed by atoms with Crippen LogP contribution in [0.4, 0.5) is 0 Å². The van der Waals surface area contributed by atoms with Gasteiger partial charge in [0.1, 0.15) is 0 Å². The van der Waals surface area contributed by atoms with E-state index in [9.17, 15) is 13.2 Å². The largest absolute Gasteiger partial charge is 0.346 e. The summed E-state index contributed by atoms with van der Waals surface area (Å²) in [6.45, 7) is 0.227. The van der Waals surface area contributed by atoms with Gasteiger partial charge in [-0.2, -0.15) is 0 Å². The van der Waals surface area contributed by atoms with Gasteiger partial charge in [-0.05, 0) is 35.9 Å². The number of carbonyl (C=O) groups excluding carboxylic acids is 1. The van der Waals surface area contributed by atoms with E-state index < -0.39 is 10.0 Å². The van der Waals surface area contributed by atoms with Gasteiger partial charge < -0.3 is 5.32 Å². The highest BCUT2D eigenvalue weighted by Gasteiger charge is 2.22. The van der Waals surface area contributed by atoms with Gasteiger partial charge in [0, 0.05) is 35.1 Å². The summed E-state index contributed by atoms with van der Waals surface area (Å²) in [6.07, 6.45) is 6.33. The van der Waals surface area contributed by atoms with E-state index in [1.54, 1.807) is 30.9 Å².